The fraction of sp³-hybridized carbons (Fsp3) is 0.629. The lowest BCUT2D eigenvalue weighted by Crippen LogP contribution is -2.26. The first kappa shape index (κ1) is 37.6. The number of hydrogen-bond acceptors (Lipinski definition) is 3. The summed E-state index contributed by atoms with van der Waals surface area (Å²) in [5, 5.41) is 0. The van der Waals surface area contributed by atoms with E-state index >= 15 is 8.78 Å². The molecule has 0 spiro atoms. The maximum Gasteiger partial charge on any atom is 0.314 e. The van der Waals surface area contributed by atoms with Crippen molar-refractivity contribution >= 4 is 5.97 Å². The minimum absolute atomic E-state index is 0.301. The molecular formula is C35H44F8O3. The Hall–Kier alpha value is -2.85. The number of carbonyl (C=O) groups excluding carboxylic acids is 1. The summed E-state index contributed by atoms with van der Waals surface area (Å²) < 4.78 is 129. The van der Waals surface area contributed by atoms with Gasteiger partial charge >= 0.3 is 5.97 Å². The van der Waals surface area contributed by atoms with Gasteiger partial charge in [0.05, 0.1) is 23.7 Å². The standard InChI is InChI=1S/C35H44F8O3/c1-3-5-7-9-11-13-15-21-16-18-22(19-17-21)35(44)46-34-31(42)27(38)24(28(39)32(34)43)23-25(36)29(40)33(30(41)26(23)37)45-20-14-12-10-8-6-4-2/h21-22H,3-20H2,1-2H3/t21-,22-. The van der Waals surface area contributed by atoms with Crippen molar-refractivity contribution in [2.24, 2.45) is 11.8 Å². The van der Waals surface area contributed by atoms with Crippen LogP contribution in [0, 0.1) is 58.4 Å². The third-order valence-electron chi connectivity index (χ3n) is 8.79. The summed E-state index contributed by atoms with van der Waals surface area (Å²) in [7, 11) is 0. The fourth-order valence-electron chi connectivity index (χ4n) is 6.02. The first-order valence-electron chi connectivity index (χ1n) is 16.6. The van der Waals surface area contributed by atoms with Crippen molar-refractivity contribution in [2.75, 3.05) is 6.61 Å². The van der Waals surface area contributed by atoms with E-state index in [2.05, 4.69) is 6.92 Å². The van der Waals surface area contributed by atoms with E-state index in [1.54, 1.807) is 0 Å². The lowest BCUT2D eigenvalue weighted by Gasteiger charge is -2.27. The van der Waals surface area contributed by atoms with Crippen LogP contribution in [0.4, 0.5) is 35.1 Å². The van der Waals surface area contributed by atoms with Crippen molar-refractivity contribution in [1.82, 2.24) is 0 Å². The first-order chi connectivity index (χ1) is 22.0. The van der Waals surface area contributed by atoms with Crippen LogP contribution in [0.25, 0.3) is 11.1 Å². The predicted octanol–water partition coefficient (Wildman–Crippen LogP) is 11.7. The van der Waals surface area contributed by atoms with Gasteiger partial charge < -0.3 is 9.47 Å². The molecule has 0 radical (unpaired) electrons. The fourth-order valence-corrected chi connectivity index (χ4v) is 6.02. The molecule has 11 heteroatoms. The Morgan fingerprint density at radius 3 is 1.43 bits per heavy atom. The monoisotopic (exact) mass is 664 g/mol. The van der Waals surface area contributed by atoms with Crippen molar-refractivity contribution in [1.29, 1.82) is 0 Å². The van der Waals surface area contributed by atoms with E-state index in [-0.39, 0.29) is 6.61 Å². The van der Waals surface area contributed by atoms with E-state index < -0.39 is 81.1 Å². The second-order valence-electron chi connectivity index (χ2n) is 12.2. The lowest BCUT2D eigenvalue weighted by atomic mass is 9.79. The second-order valence-corrected chi connectivity index (χ2v) is 12.2. The van der Waals surface area contributed by atoms with Gasteiger partial charge in [0.1, 0.15) is 0 Å². The Kier molecular flexibility index (Phi) is 15.1. The number of hydrogen-bond donors (Lipinski definition) is 0. The molecule has 2 aromatic rings. The molecule has 0 unspecified atom stereocenters. The highest BCUT2D eigenvalue weighted by Crippen LogP contribution is 2.42. The van der Waals surface area contributed by atoms with Crippen molar-refractivity contribution in [3.05, 3.63) is 46.5 Å². The number of unbranched alkanes of at least 4 members (excludes halogenated alkanes) is 10. The SMILES string of the molecule is CCCCCCCCOc1c(F)c(F)c(-c2c(F)c(F)c(OC(=O)[C@H]3CC[C@H](CCCCCCCC)CC3)c(F)c2F)c(F)c1F. The van der Waals surface area contributed by atoms with Crippen LogP contribution >= 0.6 is 0 Å². The number of rotatable bonds is 18. The zero-order chi connectivity index (χ0) is 33.8. The molecule has 0 aromatic heterocycles. The van der Waals surface area contributed by atoms with Gasteiger partial charge in [-0.25, -0.2) is 17.6 Å². The predicted molar refractivity (Wildman–Crippen MR) is 159 cm³/mol. The summed E-state index contributed by atoms with van der Waals surface area (Å²) in [5.74, 6) is -22.9. The molecule has 0 amide bonds. The van der Waals surface area contributed by atoms with Crippen molar-refractivity contribution in [2.45, 2.75) is 123 Å². The largest absolute Gasteiger partial charge is 0.487 e. The molecule has 258 valence electrons. The Bertz CT molecular complexity index is 1250. The third kappa shape index (κ3) is 9.37. The minimum atomic E-state index is -2.39. The van der Waals surface area contributed by atoms with Gasteiger partial charge in [0.15, 0.2) is 29.0 Å². The Morgan fingerprint density at radius 1 is 0.543 bits per heavy atom. The molecule has 1 aliphatic carbocycles. The molecule has 0 aliphatic heterocycles. The number of ether oxygens (including phenoxy) is 2. The lowest BCUT2D eigenvalue weighted by molar-refractivity contribution is -0.140. The summed E-state index contributed by atoms with van der Waals surface area (Å²) in [6.45, 7) is 3.87. The number of halogens is 8. The molecule has 0 atom stereocenters. The van der Waals surface area contributed by atoms with E-state index in [9.17, 15) is 31.1 Å². The van der Waals surface area contributed by atoms with Gasteiger partial charge in [-0.05, 0) is 38.0 Å². The van der Waals surface area contributed by atoms with Gasteiger partial charge in [0, 0.05) is 0 Å². The van der Waals surface area contributed by atoms with Gasteiger partial charge in [-0.15, -0.1) is 0 Å². The van der Waals surface area contributed by atoms with Crippen LogP contribution in [0.15, 0.2) is 0 Å². The summed E-state index contributed by atoms with van der Waals surface area (Å²) in [6, 6.07) is 0. The quantitative estimate of drug-likeness (QED) is 0.0523. The van der Waals surface area contributed by atoms with Crippen LogP contribution < -0.4 is 9.47 Å². The maximum atomic E-state index is 15.1. The average molecular weight is 665 g/mol. The van der Waals surface area contributed by atoms with Crippen LogP contribution in [0.2, 0.25) is 0 Å². The summed E-state index contributed by atoms with van der Waals surface area (Å²) in [4.78, 5) is 12.7. The Labute approximate surface area is 266 Å². The molecule has 1 saturated carbocycles. The van der Waals surface area contributed by atoms with Gasteiger partial charge in [-0.2, -0.15) is 17.6 Å². The van der Waals surface area contributed by atoms with E-state index in [4.69, 9.17) is 9.47 Å². The molecule has 2 aromatic carbocycles. The van der Waals surface area contributed by atoms with Crippen molar-refractivity contribution in [3.63, 3.8) is 0 Å². The molecule has 0 bridgehead atoms. The van der Waals surface area contributed by atoms with Gasteiger partial charge in [0.25, 0.3) is 0 Å². The van der Waals surface area contributed by atoms with Crippen molar-refractivity contribution < 1.29 is 49.4 Å². The molecule has 0 heterocycles. The topological polar surface area (TPSA) is 35.5 Å². The van der Waals surface area contributed by atoms with E-state index in [1.807, 2.05) is 6.92 Å². The minimum Gasteiger partial charge on any atom is -0.487 e. The molecule has 1 fully saturated rings. The third-order valence-corrected chi connectivity index (χ3v) is 8.79. The van der Waals surface area contributed by atoms with E-state index in [1.165, 1.54) is 19.3 Å². The maximum absolute atomic E-state index is 15.1. The van der Waals surface area contributed by atoms with E-state index in [0.29, 0.717) is 44.4 Å². The number of esters is 1. The smallest absolute Gasteiger partial charge is 0.314 e. The number of benzene rings is 2. The summed E-state index contributed by atoms with van der Waals surface area (Å²) in [6.07, 6.45) is 14.7. The molecule has 0 N–H and O–H groups in total. The molecular weight excluding hydrogens is 620 g/mol. The summed E-state index contributed by atoms with van der Waals surface area (Å²) in [5.41, 5.74) is -4.03. The van der Waals surface area contributed by atoms with Gasteiger partial charge in [-0.3, -0.25) is 4.79 Å². The highest BCUT2D eigenvalue weighted by molar-refractivity contribution is 5.76. The summed E-state index contributed by atoms with van der Waals surface area (Å²) >= 11 is 0. The second kappa shape index (κ2) is 18.5. The zero-order valence-corrected chi connectivity index (χ0v) is 26.6. The normalized spacial score (nSPS) is 16.6. The van der Waals surface area contributed by atoms with Gasteiger partial charge in [-0.1, -0.05) is 90.9 Å². The highest BCUT2D eigenvalue weighted by atomic mass is 19.2. The van der Waals surface area contributed by atoms with Crippen LogP contribution in [0.1, 0.15) is 123 Å². The first-order valence-corrected chi connectivity index (χ1v) is 16.6. The van der Waals surface area contributed by atoms with Crippen LogP contribution in [0.5, 0.6) is 11.5 Å². The highest BCUT2D eigenvalue weighted by Gasteiger charge is 2.37. The molecule has 1 aliphatic rings. The molecule has 3 nitrogen and oxygen atoms in total. The van der Waals surface area contributed by atoms with E-state index in [0.717, 1.165) is 51.4 Å². The molecule has 46 heavy (non-hydrogen) atoms. The number of carbonyl (C=O) groups is 1. The van der Waals surface area contributed by atoms with Crippen LogP contribution in [-0.4, -0.2) is 12.6 Å². The molecule has 3 rings (SSSR count). The Morgan fingerprint density at radius 2 is 0.957 bits per heavy atom. The van der Waals surface area contributed by atoms with Crippen LogP contribution in [0.3, 0.4) is 0 Å². The zero-order valence-electron chi connectivity index (χ0n) is 26.6. The average Bonchev–Trinajstić information content (AvgIpc) is 3.05. The van der Waals surface area contributed by atoms with Crippen molar-refractivity contribution in [3.8, 4) is 22.6 Å². The Balaban J connectivity index is 1.71. The van der Waals surface area contributed by atoms with Crippen LogP contribution in [-0.2, 0) is 4.79 Å². The molecule has 0 saturated heterocycles. The van der Waals surface area contributed by atoms with Gasteiger partial charge in [0.2, 0.25) is 29.0 Å².